The number of carbonyl (C=O) groups is 1. The van der Waals surface area contributed by atoms with Gasteiger partial charge in [-0.2, -0.15) is 5.10 Å². The third-order valence-electron chi connectivity index (χ3n) is 4.13. The van der Waals surface area contributed by atoms with Crippen LogP contribution in [-0.2, 0) is 13.0 Å². The SMILES string of the molecule is O=C(Nc1ccc2c(c1)CCO2)c1cnn(Cc2ccccc2Cl)c1. The molecule has 126 valence electrons. The summed E-state index contributed by atoms with van der Waals surface area (Å²) < 4.78 is 7.18. The molecule has 1 amide bonds. The van der Waals surface area contributed by atoms with E-state index in [1.807, 2.05) is 42.5 Å². The maximum absolute atomic E-state index is 12.4. The highest BCUT2D eigenvalue weighted by Crippen LogP contribution is 2.28. The smallest absolute Gasteiger partial charge is 0.258 e. The molecule has 1 aliphatic heterocycles. The van der Waals surface area contributed by atoms with Crippen LogP contribution in [0, 0.1) is 0 Å². The summed E-state index contributed by atoms with van der Waals surface area (Å²) in [6, 6.07) is 13.3. The first-order valence-electron chi connectivity index (χ1n) is 8.02. The van der Waals surface area contributed by atoms with Crippen molar-refractivity contribution in [2.45, 2.75) is 13.0 Å². The number of amides is 1. The standard InChI is InChI=1S/C19H16ClN3O2/c20-17-4-2-1-3-14(17)11-23-12-15(10-21-23)19(24)22-16-5-6-18-13(9-16)7-8-25-18/h1-6,9-10,12H,7-8,11H2,(H,22,24). The summed E-state index contributed by atoms with van der Waals surface area (Å²) >= 11 is 6.17. The minimum absolute atomic E-state index is 0.190. The quantitative estimate of drug-likeness (QED) is 0.776. The van der Waals surface area contributed by atoms with Crippen LogP contribution in [0.25, 0.3) is 0 Å². The Morgan fingerprint density at radius 1 is 1.28 bits per heavy atom. The Labute approximate surface area is 150 Å². The second kappa shape index (κ2) is 6.61. The van der Waals surface area contributed by atoms with Gasteiger partial charge in [-0.15, -0.1) is 0 Å². The van der Waals surface area contributed by atoms with Gasteiger partial charge in [-0.05, 0) is 35.4 Å². The number of rotatable bonds is 4. The van der Waals surface area contributed by atoms with Crippen molar-refractivity contribution in [3.63, 3.8) is 0 Å². The summed E-state index contributed by atoms with van der Waals surface area (Å²) in [4.78, 5) is 12.4. The van der Waals surface area contributed by atoms with Gasteiger partial charge in [-0.3, -0.25) is 9.48 Å². The molecule has 0 saturated heterocycles. The lowest BCUT2D eigenvalue weighted by Crippen LogP contribution is -2.11. The summed E-state index contributed by atoms with van der Waals surface area (Å²) in [5.74, 6) is 0.704. The fourth-order valence-electron chi connectivity index (χ4n) is 2.84. The first-order chi connectivity index (χ1) is 12.2. The Kier molecular flexibility index (Phi) is 4.15. The Balaban J connectivity index is 1.46. The predicted molar refractivity (Wildman–Crippen MR) is 96.4 cm³/mol. The molecule has 0 radical (unpaired) electrons. The number of carbonyl (C=O) groups excluding carboxylic acids is 1. The van der Waals surface area contributed by atoms with Gasteiger partial charge in [0.2, 0.25) is 0 Å². The van der Waals surface area contributed by atoms with Crippen molar-refractivity contribution in [3.8, 4) is 5.75 Å². The third kappa shape index (κ3) is 3.37. The van der Waals surface area contributed by atoms with Crippen molar-refractivity contribution in [2.24, 2.45) is 0 Å². The number of anilines is 1. The highest BCUT2D eigenvalue weighted by Gasteiger charge is 2.14. The van der Waals surface area contributed by atoms with Crippen LogP contribution < -0.4 is 10.1 Å². The van der Waals surface area contributed by atoms with Gasteiger partial charge in [0.15, 0.2) is 0 Å². The van der Waals surface area contributed by atoms with Gasteiger partial charge in [0.1, 0.15) is 5.75 Å². The first-order valence-corrected chi connectivity index (χ1v) is 8.40. The molecule has 0 bridgehead atoms. The van der Waals surface area contributed by atoms with Crippen molar-refractivity contribution < 1.29 is 9.53 Å². The second-order valence-electron chi connectivity index (χ2n) is 5.89. The number of benzene rings is 2. The van der Waals surface area contributed by atoms with Crippen LogP contribution in [0.2, 0.25) is 5.02 Å². The molecule has 2 heterocycles. The van der Waals surface area contributed by atoms with Gasteiger partial charge in [0.05, 0.1) is 24.9 Å². The number of ether oxygens (including phenoxy) is 1. The van der Waals surface area contributed by atoms with E-state index in [2.05, 4.69) is 10.4 Å². The van der Waals surface area contributed by atoms with E-state index in [9.17, 15) is 4.79 Å². The summed E-state index contributed by atoms with van der Waals surface area (Å²) in [5, 5.41) is 7.84. The molecule has 5 nitrogen and oxygen atoms in total. The van der Waals surface area contributed by atoms with E-state index >= 15 is 0 Å². The first kappa shape index (κ1) is 15.7. The summed E-state index contributed by atoms with van der Waals surface area (Å²) in [5.41, 5.74) is 3.34. The van der Waals surface area contributed by atoms with Gasteiger partial charge >= 0.3 is 0 Å². The van der Waals surface area contributed by atoms with Crippen LogP contribution in [0.1, 0.15) is 21.5 Å². The Morgan fingerprint density at radius 3 is 3.04 bits per heavy atom. The normalized spacial score (nSPS) is 12.5. The van der Waals surface area contributed by atoms with Crippen LogP contribution in [0.3, 0.4) is 0 Å². The fourth-order valence-corrected chi connectivity index (χ4v) is 3.03. The molecule has 0 aliphatic carbocycles. The molecule has 25 heavy (non-hydrogen) atoms. The van der Waals surface area contributed by atoms with Crippen LogP contribution in [0.4, 0.5) is 5.69 Å². The zero-order valence-corrected chi connectivity index (χ0v) is 14.2. The Hall–Kier alpha value is -2.79. The highest BCUT2D eigenvalue weighted by molar-refractivity contribution is 6.31. The number of aromatic nitrogens is 2. The number of fused-ring (bicyclic) bond motifs is 1. The number of nitrogens with zero attached hydrogens (tertiary/aromatic N) is 2. The molecule has 3 aromatic rings. The van der Waals surface area contributed by atoms with Gasteiger partial charge in [-0.25, -0.2) is 0 Å². The van der Waals surface area contributed by atoms with E-state index in [1.165, 1.54) is 0 Å². The van der Waals surface area contributed by atoms with Crippen LogP contribution >= 0.6 is 11.6 Å². The number of nitrogens with one attached hydrogen (secondary N) is 1. The van der Waals surface area contributed by atoms with E-state index < -0.39 is 0 Å². The van der Waals surface area contributed by atoms with Crippen LogP contribution in [-0.4, -0.2) is 22.3 Å². The van der Waals surface area contributed by atoms with E-state index in [0.717, 1.165) is 29.0 Å². The number of hydrogen-bond acceptors (Lipinski definition) is 3. The van der Waals surface area contributed by atoms with Gasteiger partial charge in [0.25, 0.3) is 5.91 Å². The maximum Gasteiger partial charge on any atom is 0.258 e. The average Bonchev–Trinajstić information content (AvgIpc) is 3.25. The van der Waals surface area contributed by atoms with Crippen LogP contribution in [0.15, 0.2) is 54.9 Å². The minimum atomic E-state index is -0.190. The minimum Gasteiger partial charge on any atom is -0.493 e. The molecule has 1 aromatic heterocycles. The zero-order valence-electron chi connectivity index (χ0n) is 13.4. The van der Waals surface area contributed by atoms with Crippen molar-refractivity contribution in [1.29, 1.82) is 0 Å². The van der Waals surface area contributed by atoms with E-state index in [-0.39, 0.29) is 5.91 Å². The zero-order chi connectivity index (χ0) is 17.2. The predicted octanol–water partition coefficient (Wildman–Crippen LogP) is 3.77. The lowest BCUT2D eigenvalue weighted by atomic mass is 10.1. The van der Waals surface area contributed by atoms with Gasteiger partial charge in [-0.1, -0.05) is 29.8 Å². The number of hydrogen-bond donors (Lipinski definition) is 1. The summed E-state index contributed by atoms with van der Waals surface area (Å²) in [6.07, 6.45) is 4.15. The molecular weight excluding hydrogens is 338 g/mol. The third-order valence-corrected chi connectivity index (χ3v) is 4.50. The molecule has 0 saturated carbocycles. The van der Waals surface area contributed by atoms with Crippen LogP contribution in [0.5, 0.6) is 5.75 Å². The molecule has 4 rings (SSSR count). The maximum atomic E-state index is 12.4. The van der Waals surface area contributed by atoms with E-state index in [4.69, 9.17) is 16.3 Å². The van der Waals surface area contributed by atoms with E-state index in [1.54, 1.807) is 17.1 Å². The van der Waals surface area contributed by atoms with Crippen molar-refractivity contribution >= 4 is 23.2 Å². The molecule has 2 aromatic carbocycles. The van der Waals surface area contributed by atoms with Gasteiger partial charge in [0, 0.05) is 23.3 Å². The Bertz CT molecular complexity index is 936. The van der Waals surface area contributed by atoms with E-state index in [0.29, 0.717) is 23.7 Å². The largest absolute Gasteiger partial charge is 0.493 e. The van der Waals surface area contributed by atoms with Crippen molar-refractivity contribution in [3.05, 3.63) is 76.6 Å². The monoisotopic (exact) mass is 353 g/mol. The Morgan fingerprint density at radius 2 is 2.16 bits per heavy atom. The molecular formula is C19H16ClN3O2. The summed E-state index contributed by atoms with van der Waals surface area (Å²) in [7, 11) is 0. The van der Waals surface area contributed by atoms with Crippen molar-refractivity contribution in [1.82, 2.24) is 9.78 Å². The molecule has 6 heteroatoms. The fraction of sp³-hybridized carbons (Fsp3) is 0.158. The lowest BCUT2D eigenvalue weighted by molar-refractivity contribution is 0.102. The summed E-state index contributed by atoms with van der Waals surface area (Å²) in [6.45, 7) is 1.21. The molecule has 0 atom stereocenters. The lowest BCUT2D eigenvalue weighted by Gasteiger charge is -2.06. The molecule has 0 unspecified atom stereocenters. The average molecular weight is 354 g/mol. The number of halogens is 1. The highest BCUT2D eigenvalue weighted by atomic mass is 35.5. The molecule has 0 fully saturated rings. The van der Waals surface area contributed by atoms with Gasteiger partial charge < -0.3 is 10.1 Å². The topological polar surface area (TPSA) is 56.1 Å². The molecule has 1 aliphatic rings. The molecule has 0 spiro atoms. The van der Waals surface area contributed by atoms with Crippen molar-refractivity contribution in [2.75, 3.05) is 11.9 Å². The molecule has 1 N–H and O–H groups in total. The second-order valence-corrected chi connectivity index (χ2v) is 6.30.